The van der Waals surface area contributed by atoms with E-state index in [0.717, 1.165) is 60.9 Å². The molecule has 0 radical (unpaired) electrons. The number of aliphatic hydroxyl groups is 2. The number of ether oxygens (including phenoxy) is 6. The van der Waals surface area contributed by atoms with Gasteiger partial charge >= 0.3 is 6.09 Å². The average molecular weight is 792 g/mol. The molecule has 2 aliphatic rings. The minimum absolute atomic E-state index is 0.0292. The van der Waals surface area contributed by atoms with Crippen LogP contribution in [0.3, 0.4) is 0 Å². The Kier molecular flexibility index (Phi) is 17.6. The summed E-state index contributed by atoms with van der Waals surface area (Å²) in [5, 5.41) is 28.9. The van der Waals surface area contributed by atoms with Crippen LogP contribution in [-0.2, 0) is 47.7 Å². The number of hydrogen-bond donors (Lipinski definition) is 4. The smallest absolute Gasteiger partial charge is 0.408 e. The van der Waals surface area contributed by atoms with Gasteiger partial charge in [-0.05, 0) is 67.5 Å². The van der Waals surface area contributed by atoms with Gasteiger partial charge in [-0.25, -0.2) is 4.79 Å². The molecule has 1 fully saturated rings. The van der Waals surface area contributed by atoms with Crippen molar-refractivity contribution in [2.24, 2.45) is 5.92 Å². The van der Waals surface area contributed by atoms with Gasteiger partial charge in [-0.2, -0.15) is 0 Å². The van der Waals surface area contributed by atoms with Crippen LogP contribution in [-0.4, -0.2) is 131 Å². The van der Waals surface area contributed by atoms with Gasteiger partial charge in [-0.3, -0.25) is 9.69 Å². The average Bonchev–Trinajstić information content (AvgIpc) is 3.52. The zero-order valence-electron chi connectivity index (χ0n) is 33.6. The van der Waals surface area contributed by atoms with Gasteiger partial charge in [-0.15, -0.1) is 0 Å². The lowest BCUT2D eigenvalue weighted by Gasteiger charge is -2.30. The summed E-state index contributed by atoms with van der Waals surface area (Å²) in [4.78, 5) is 29.9. The number of carbonyl (C=O) groups is 2. The van der Waals surface area contributed by atoms with Gasteiger partial charge in [-0.1, -0.05) is 66.7 Å². The molecule has 312 valence electrons. The Morgan fingerprint density at radius 1 is 0.877 bits per heavy atom. The van der Waals surface area contributed by atoms with E-state index in [1.54, 1.807) is 21.0 Å². The molecule has 0 bridgehead atoms. The second-order valence-electron chi connectivity index (χ2n) is 15.4. The summed E-state index contributed by atoms with van der Waals surface area (Å²) < 4.78 is 33.4. The SMILES string of the molecule is COCCOCCOCC(C)(C)OC(=O)NC(Cc1ccccc1)C(O)CC(Cc1ccc(OCCN2CCOCC2)cc1)C(=O)NC1c2ccccc2CC1O. The molecule has 13 heteroatoms. The highest BCUT2D eigenvalue weighted by Crippen LogP contribution is 2.32. The third kappa shape index (κ3) is 14.7. The lowest BCUT2D eigenvalue weighted by atomic mass is 9.88. The van der Waals surface area contributed by atoms with Crippen LogP contribution in [0.4, 0.5) is 4.79 Å². The number of alkyl carbamates (subject to hydrolysis) is 1. The van der Waals surface area contributed by atoms with Crippen LogP contribution in [0.25, 0.3) is 0 Å². The molecule has 0 aromatic heterocycles. The molecule has 0 saturated carbocycles. The zero-order chi connectivity index (χ0) is 40.5. The quantitative estimate of drug-likeness (QED) is 0.103. The summed E-state index contributed by atoms with van der Waals surface area (Å²) >= 11 is 0. The van der Waals surface area contributed by atoms with Gasteiger partial charge in [0, 0.05) is 39.1 Å². The molecular formula is C44H61N3O10. The van der Waals surface area contributed by atoms with Crippen LogP contribution < -0.4 is 15.4 Å². The predicted molar refractivity (Wildman–Crippen MR) is 215 cm³/mol. The normalized spacial score (nSPS) is 18.6. The van der Waals surface area contributed by atoms with Crippen LogP contribution in [0.15, 0.2) is 78.9 Å². The molecule has 1 saturated heterocycles. The largest absolute Gasteiger partial charge is 0.492 e. The number of morpholine rings is 1. The predicted octanol–water partition coefficient (Wildman–Crippen LogP) is 3.88. The fourth-order valence-electron chi connectivity index (χ4n) is 7.17. The van der Waals surface area contributed by atoms with Gasteiger partial charge in [0.1, 0.15) is 18.0 Å². The molecule has 0 spiro atoms. The van der Waals surface area contributed by atoms with Gasteiger partial charge in [0.2, 0.25) is 5.91 Å². The summed E-state index contributed by atoms with van der Waals surface area (Å²) in [6.07, 6.45) is -1.55. The Labute approximate surface area is 336 Å². The van der Waals surface area contributed by atoms with E-state index >= 15 is 0 Å². The fraction of sp³-hybridized carbons (Fsp3) is 0.545. The molecule has 5 unspecified atom stereocenters. The Balaban J connectivity index is 1.26. The Hall–Kier alpha value is -4.08. The Morgan fingerprint density at radius 2 is 1.56 bits per heavy atom. The molecule has 3 aromatic carbocycles. The molecule has 5 rings (SSSR count). The summed E-state index contributed by atoms with van der Waals surface area (Å²) in [5.41, 5.74) is 2.68. The van der Waals surface area contributed by atoms with Gasteiger partial charge < -0.3 is 49.3 Å². The number of carbonyl (C=O) groups excluding carboxylic acids is 2. The van der Waals surface area contributed by atoms with Crippen LogP contribution in [0.2, 0.25) is 0 Å². The second-order valence-corrected chi connectivity index (χ2v) is 15.4. The first-order valence-corrected chi connectivity index (χ1v) is 20.0. The van der Waals surface area contributed by atoms with E-state index in [1.165, 1.54) is 0 Å². The van der Waals surface area contributed by atoms with Crippen molar-refractivity contribution in [1.82, 2.24) is 15.5 Å². The van der Waals surface area contributed by atoms with Crippen LogP contribution in [0, 0.1) is 5.92 Å². The molecule has 57 heavy (non-hydrogen) atoms. The minimum atomic E-state index is -1.14. The standard InChI is InChI=1S/C44H61N3O10/c1-44(2,31-55-26-25-54-24-23-52-3)57-43(51)45-38(28-32-9-5-4-6-10-32)39(48)30-35(42(50)46-41-37-12-8-7-11-34(37)29-40(41)49)27-33-13-15-36(16-14-33)56-22-19-47-17-20-53-21-18-47/h4-16,35,38-41,48-49H,17-31H2,1-3H3,(H,45,51)(H,46,50). The monoisotopic (exact) mass is 791 g/mol. The first-order chi connectivity index (χ1) is 27.6. The van der Waals surface area contributed by atoms with E-state index < -0.39 is 41.9 Å². The number of hydrogen-bond acceptors (Lipinski definition) is 11. The number of rotatable bonds is 23. The van der Waals surface area contributed by atoms with Crippen LogP contribution in [0.5, 0.6) is 5.75 Å². The molecule has 4 N–H and O–H groups in total. The molecule has 1 heterocycles. The molecular weight excluding hydrogens is 730 g/mol. The molecule has 13 nitrogen and oxygen atoms in total. The summed E-state index contributed by atoms with van der Waals surface area (Å²) in [7, 11) is 1.61. The number of nitrogens with zero attached hydrogens (tertiary/aromatic N) is 1. The molecule has 2 amide bonds. The van der Waals surface area contributed by atoms with Crippen molar-refractivity contribution in [2.75, 3.05) is 79.6 Å². The van der Waals surface area contributed by atoms with Gasteiger partial charge in [0.05, 0.1) is 70.5 Å². The zero-order valence-corrected chi connectivity index (χ0v) is 33.6. The van der Waals surface area contributed by atoms with Crippen LogP contribution in [0.1, 0.15) is 48.6 Å². The number of fused-ring (bicyclic) bond motifs is 1. The van der Waals surface area contributed by atoms with Crippen molar-refractivity contribution in [3.63, 3.8) is 0 Å². The Bertz CT molecular complexity index is 1640. The lowest BCUT2D eigenvalue weighted by Crippen LogP contribution is -2.49. The second kappa shape index (κ2) is 22.8. The highest BCUT2D eigenvalue weighted by atomic mass is 16.6. The fourth-order valence-corrected chi connectivity index (χ4v) is 7.17. The maximum Gasteiger partial charge on any atom is 0.408 e. The van der Waals surface area contributed by atoms with E-state index in [9.17, 15) is 19.8 Å². The van der Waals surface area contributed by atoms with Crippen molar-refractivity contribution in [3.8, 4) is 5.75 Å². The maximum absolute atomic E-state index is 14.2. The summed E-state index contributed by atoms with van der Waals surface area (Å²) in [6.45, 7) is 9.90. The highest BCUT2D eigenvalue weighted by molar-refractivity contribution is 5.80. The van der Waals surface area contributed by atoms with Crippen molar-refractivity contribution in [2.45, 2.75) is 69.4 Å². The molecule has 1 aliphatic heterocycles. The minimum Gasteiger partial charge on any atom is -0.492 e. The summed E-state index contributed by atoms with van der Waals surface area (Å²) in [5.74, 6) is -0.278. The van der Waals surface area contributed by atoms with E-state index in [4.69, 9.17) is 28.4 Å². The number of nitrogens with one attached hydrogen (secondary N) is 2. The third-order valence-corrected chi connectivity index (χ3v) is 10.3. The Morgan fingerprint density at radius 3 is 2.32 bits per heavy atom. The number of aliphatic hydroxyl groups excluding tert-OH is 2. The number of methoxy groups -OCH3 is 1. The van der Waals surface area contributed by atoms with E-state index in [-0.39, 0.29) is 18.9 Å². The maximum atomic E-state index is 14.2. The lowest BCUT2D eigenvalue weighted by molar-refractivity contribution is -0.127. The van der Waals surface area contributed by atoms with Crippen molar-refractivity contribution >= 4 is 12.0 Å². The van der Waals surface area contributed by atoms with Crippen molar-refractivity contribution < 1.29 is 48.2 Å². The van der Waals surface area contributed by atoms with Gasteiger partial charge in [0.25, 0.3) is 0 Å². The van der Waals surface area contributed by atoms with Gasteiger partial charge in [0.15, 0.2) is 0 Å². The highest BCUT2D eigenvalue weighted by Gasteiger charge is 2.36. The first kappa shape index (κ1) is 44.0. The van der Waals surface area contributed by atoms with Crippen molar-refractivity contribution in [1.29, 1.82) is 0 Å². The summed E-state index contributed by atoms with van der Waals surface area (Å²) in [6, 6.07) is 23.5. The van der Waals surface area contributed by atoms with E-state index in [1.807, 2.05) is 78.9 Å². The first-order valence-electron chi connectivity index (χ1n) is 20.0. The van der Waals surface area contributed by atoms with E-state index in [0.29, 0.717) is 52.3 Å². The molecule has 3 aromatic rings. The topological polar surface area (TPSA) is 157 Å². The van der Waals surface area contributed by atoms with Crippen molar-refractivity contribution in [3.05, 3.63) is 101 Å². The molecule has 5 atom stereocenters. The number of benzene rings is 3. The van der Waals surface area contributed by atoms with Crippen LogP contribution >= 0.6 is 0 Å². The number of amides is 2. The van der Waals surface area contributed by atoms with E-state index in [2.05, 4.69) is 15.5 Å². The third-order valence-electron chi connectivity index (χ3n) is 10.3. The molecule has 1 aliphatic carbocycles.